The molecule has 0 spiro atoms. The third kappa shape index (κ3) is 7.77. The number of aromatic nitrogens is 8. The summed E-state index contributed by atoms with van der Waals surface area (Å²) in [5, 5.41) is 9.45. The van der Waals surface area contributed by atoms with Crippen LogP contribution < -0.4 is 0 Å². The monoisotopic (exact) mass is 964 g/mol. The first kappa shape index (κ1) is 42.7. The molecule has 0 atom stereocenters. The maximum Gasteiger partial charge on any atom is 0.181 e. The third-order valence-electron chi connectivity index (χ3n) is 12.8. The van der Waals surface area contributed by atoms with Gasteiger partial charge in [-0.3, -0.25) is 29.9 Å². The van der Waals surface area contributed by atoms with Crippen LogP contribution in [0.4, 0.5) is 0 Å². The van der Waals surface area contributed by atoms with E-state index < -0.39 is 0 Å². The van der Waals surface area contributed by atoms with Gasteiger partial charge in [0.05, 0.1) is 44.6 Å². The molecule has 6 aromatic carbocycles. The molecule has 12 heteroatoms. The number of rotatable bonds is 8. The minimum atomic E-state index is 0.638. The quantitative estimate of drug-likeness (QED) is 0.136. The van der Waals surface area contributed by atoms with E-state index in [0.717, 1.165) is 87.5 Å². The van der Waals surface area contributed by atoms with Crippen molar-refractivity contribution < 1.29 is 8.83 Å². The highest BCUT2D eigenvalue weighted by atomic mass is 32.1. The highest BCUT2D eigenvalue weighted by Crippen LogP contribution is 2.46. The first-order chi connectivity index (χ1) is 35.7. The van der Waals surface area contributed by atoms with Crippen molar-refractivity contribution in [2.75, 3.05) is 0 Å². The van der Waals surface area contributed by atoms with E-state index in [1.54, 1.807) is 35.1 Å². The first-order valence-electron chi connectivity index (χ1n) is 23.0. The van der Waals surface area contributed by atoms with Gasteiger partial charge in [0.1, 0.15) is 11.4 Å². The fraction of sp³-hybridized carbons (Fsp3) is 0. The lowest BCUT2D eigenvalue weighted by atomic mass is 9.86. The maximum atomic E-state index is 5.51. The van der Waals surface area contributed by atoms with Crippen LogP contribution in [-0.4, -0.2) is 39.9 Å². The van der Waals surface area contributed by atoms with Crippen LogP contribution in [0.15, 0.2) is 228 Å². The van der Waals surface area contributed by atoms with E-state index in [1.807, 2.05) is 60.3 Å². The topological polar surface area (TPSA) is 129 Å². The van der Waals surface area contributed by atoms with Crippen LogP contribution in [0.1, 0.15) is 0 Å². The molecule has 0 aliphatic rings. The SMILES string of the molecule is c1ccc2c(-c3ccnc(-c4cnco4)c3)c3ccccc3c(-c3ccnc(-c4cnco4)c3)c2c1.c1ccc2c(-c3ccnc(-c4cncs4)c3)c3ccccc3c(-c3ccnc(-c4cncs4)c3)c2c1. The zero-order valence-corrected chi connectivity index (χ0v) is 39.6. The number of hydrogen-bond acceptors (Lipinski definition) is 12. The Labute approximate surface area is 419 Å². The van der Waals surface area contributed by atoms with Gasteiger partial charge in [-0.2, -0.15) is 0 Å². The van der Waals surface area contributed by atoms with Gasteiger partial charge < -0.3 is 8.83 Å². The molecule has 8 heterocycles. The largest absolute Gasteiger partial charge is 0.442 e. The number of hydrogen-bond donors (Lipinski definition) is 0. The van der Waals surface area contributed by atoms with Crippen LogP contribution in [0.5, 0.6) is 0 Å². The summed E-state index contributed by atoms with van der Waals surface area (Å²) in [7, 11) is 0. The van der Waals surface area contributed by atoms with E-state index >= 15 is 0 Å². The number of nitrogens with zero attached hydrogens (tertiary/aromatic N) is 8. The average molecular weight is 965 g/mol. The zero-order valence-electron chi connectivity index (χ0n) is 38.0. The molecule has 10 nitrogen and oxygen atoms in total. The first-order valence-corrected chi connectivity index (χ1v) is 24.8. The van der Waals surface area contributed by atoms with E-state index in [1.165, 1.54) is 45.5 Å². The lowest BCUT2D eigenvalue weighted by Crippen LogP contribution is -1.92. The summed E-state index contributed by atoms with van der Waals surface area (Å²) < 4.78 is 11.0. The summed E-state index contributed by atoms with van der Waals surface area (Å²) in [5.41, 5.74) is 16.2. The smallest absolute Gasteiger partial charge is 0.181 e. The van der Waals surface area contributed by atoms with Crippen molar-refractivity contribution in [2.45, 2.75) is 0 Å². The molecule has 14 rings (SSSR count). The Kier molecular flexibility index (Phi) is 11.0. The van der Waals surface area contributed by atoms with Crippen molar-refractivity contribution in [3.8, 4) is 88.6 Å². The Bertz CT molecular complexity index is 3580. The molecule has 0 N–H and O–H groups in total. The molecule has 0 fully saturated rings. The van der Waals surface area contributed by atoms with Gasteiger partial charge in [0.15, 0.2) is 24.3 Å². The van der Waals surface area contributed by atoms with Crippen molar-refractivity contribution in [3.05, 3.63) is 219 Å². The van der Waals surface area contributed by atoms with E-state index in [4.69, 9.17) is 8.83 Å². The Morgan fingerprint density at radius 2 is 0.597 bits per heavy atom. The second-order valence-electron chi connectivity index (χ2n) is 16.9. The number of thiazole rings is 2. The summed E-state index contributed by atoms with van der Waals surface area (Å²) >= 11 is 3.21. The van der Waals surface area contributed by atoms with Gasteiger partial charge in [-0.15, -0.1) is 22.7 Å². The molecule has 72 heavy (non-hydrogen) atoms. The molecule has 0 bridgehead atoms. The van der Waals surface area contributed by atoms with E-state index in [9.17, 15) is 0 Å². The minimum Gasteiger partial charge on any atom is -0.442 e. The van der Waals surface area contributed by atoms with Crippen LogP contribution in [0.2, 0.25) is 0 Å². The normalized spacial score (nSPS) is 11.3. The molecular weight excluding hydrogens is 929 g/mol. The van der Waals surface area contributed by atoms with Gasteiger partial charge in [-0.25, -0.2) is 9.97 Å². The second kappa shape index (κ2) is 18.5. The summed E-state index contributed by atoms with van der Waals surface area (Å²) in [5.74, 6) is 1.28. The minimum absolute atomic E-state index is 0.638. The van der Waals surface area contributed by atoms with Crippen molar-refractivity contribution in [1.82, 2.24) is 39.9 Å². The van der Waals surface area contributed by atoms with E-state index in [-0.39, 0.29) is 0 Å². The molecular formula is C60H36N8O2S2. The molecule has 0 saturated carbocycles. The fourth-order valence-corrected chi connectivity index (χ4v) is 10.9. The van der Waals surface area contributed by atoms with Crippen LogP contribution in [0, 0.1) is 0 Å². The van der Waals surface area contributed by atoms with Gasteiger partial charge in [-0.1, -0.05) is 97.1 Å². The van der Waals surface area contributed by atoms with Gasteiger partial charge in [0.2, 0.25) is 0 Å². The second-order valence-corrected chi connectivity index (χ2v) is 18.6. The third-order valence-corrected chi connectivity index (χ3v) is 14.4. The Hall–Kier alpha value is -9.36. The van der Waals surface area contributed by atoms with Gasteiger partial charge >= 0.3 is 0 Å². The molecule has 8 aromatic heterocycles. The molecule has 0 unspecified atom stereocenters. The van der Waals surface area contributed by atoms with Crippen molar-refractivity contribution in [3.63, 3.8) is 0 Å². The van der Waals surface area contributed by atoms with E-state index in [0.29, 0.717) is 11.5 Å². The van der Waals surface area contributed by atoms with Crippen molar-refractivity contribution >= 4 is 65.8 Å². The lowest BCUT2D eigenvalue weighted by Gasteiger charge is -2.18. The van der Waals surface area contributed by atoms with Gasteiger partial charge in [-0.05, 0) is 136 Å². The molecule has 14 aromatic rings. The average Bonchev–Trinajstić information content (AvgIpc) is 4.32. The van der Waals surface area contributed by atoms with Gasteiger partial charge in [0.25, 0.3) is 0 Å². The van der Waals surface area contributed by atoms with Crippen molar-refractivity contribution in [2.24, 2.45) is 0 Å². The predicted octanol–water partition coefficient (Wildman–Crippen LogP) is 15.8. The molecule has 0 saturated heterocycles. The molecule has 340 valence electrons. The molecule has 0 aliphatic heterocycles. The number of oxazole rings is 2. The Morgan fingerprint density at radius 1 is 0.306 bits per heavy atom. The molecule has 0 aliphatic carbocycles. The zero-order chi connectivity index (χ0) is 47.8. The lowest BCUT2D eigenvalue weighted by molar-refractivity contribution is 0.569. The number of benzene rings is 6. The number of pyridine rings is 4. The molecule has 0 radical (unpaired) electrons. The van der Waals surface area contributed by atoms with E-state index in [2.05, 4.69) is 173 Å². The fourth-order valence-electron chi connectivity index (χ4n) is 9.75. The highest BCUT2D eigenvalue weighted by molar-refractivity contribution is 7.13. The van der Waals surface area contributed by atoms with Crippen molar-refractivity contribution in [1.29, 1.82) is 0 Å². The Balaban J connectivity index is 0.000000140. The molecule has 0 amide bonds. The summed E-state index contributed by atoms with van der Waals surface area (Å²) in [6.45, 7) is 0. The van der Waals surface area contributed by atoms with Gasteiger partial charge in [0, 0.05) is 37.2 Å². The Morgan fingerprint density at radius 3 is 0.861 bits per heavy atom. The summed E-state index contributed by atoms with van der Waals surface area (Å²) in [6, 6.07) is 51.1. The summed E-state index contributed by atoms with van der Waals surface area (Å²) in [4.78, 5) is 37.0. The summed E-state index contributed by atoms with van der Waals surface area (Å²) in [6.07, 6.45) is 17.4. The predicted molar refractivity (Wildman–Crippen MR) is 289 cm³/mol. The van der Waals surface area contributed by atoms with Crippen LogP contribution in [0.25, 0.3) is 132 Å². The van der Waals surface area contributed by atoms with Crippen LogP contribution in [-0.2, 0) is 0 Å². The maximum absolute atomic E-state index is 5.51. The standard InChI is InChI=1S/C30H18N4O2.C30H18N4S2/c2*1-2-6-22-21(5-1)29(19-9-11-33-25(13-19)27-15-31-17-35-27)23-7-3-4-8-24(23)30(22)20-10-12-34-26(14-20)28-16-32-18-36-28/h2*1-18H. The number of fused-ring (bicyclic) bond motifs is 4. The van der Waals surface area contributed by atoms with Crippen LogP contribution in [0.3, 0.4) is 0 Å². The van der Waals surface area contributed by atoms with Crippen LogP contribution >= 0.6 is 22.7 Å². The highest BCUT2D eigenvalue weighted by Gasteiger charge is 2.20.